The minimum atomic E-state index is 0. The molecule has 3 rings (SSSR count). The highest BCUT2D eigenvalue weighted by Crippen LogP contribution is 2.49. The first kappa shape index (κ1) is 20.2. The highest BCUT2D eigenvalue weighted by atomic mass is 127. The van der Waals surface area contributed by atoms with Gasteiger partial charge in [-0.25, -0.2) is 9.98 Å². The number of nitrogens with one attached hydrogen (secondary N) is 2. The van der Waals surface area contributed by atoms with E-state index in [2.05, 4.69) is 72.8 Å². The van der Waals surface area contributed by atoms with Gasteiger partial charge in [0.25, 0.3) is 0 Å². The first-order chi connectivity index (χ1) is 11.6. The summed E-state index contributed by atoms with van der Waals surface area (Å²) in [5, 5.41) is 10.9. The van der Waals surface area contributed by atoms with Gasteiger partial charge in [0.1, 0.15) is 18.7 Å². The molecule has 1 aliphatic carbocycles. The molecule has 0 atom stereocenters. The zero-order valence-electron chi connectivity index (χ0n) is 14.5. The van der Waals surface area contributed by atoms with Gasteiger partial charge in [-0.15, -0.1) is 24.0 Å². The summed E-state index contributed by atoms with van der Waals surface area (Å²) in [5.74, 6) is 1.66. The maximum Gasteiger partial charge on any atom is 0.191 e. The summed E-state index contributed by atoms with van der Waals surface area (Å²) in [7, 11) is 1.88. The summed E-state index contributed by atoms with van der Waals surface area (Å²) in [6, 6.07) is 8.49. The van der Waals surface area contributed by atoms with Crippen LogP contribution in [0, 0.1) is 0 Å². The molecule has 0 aliphatic heterocycles. The van der Waals surface area contributed by atoms with E-state index in [4.69, 9.17) is 0 Å². The van der Waals surface area contributed by atoms with Gasteiger partial charge in [-0.3, -0.25) is 4.68 Å². The molecule has 8 heteroatoms. The fraction of sp³-hybridized carbons (Fsp3) is 0.471. The maximum absolute atomic E-state index is 4.62. The molecule has 2 aromatic rings. The molecule has 0 bridgehead atoms. The molecular weight excluding hydrogens is 495 g/mol. The lowest BCUT2D eigenvalue weighted by Gasteiger charge is -2.20. The van der Waals surface area contributed by atoms with Crippen molar-refractivity contribution in [1.82, 2.24) is 25.4 Å². The fourth-order valence-electron chi connectivity index (χ4n) is 2.79. The monoisotopic (exact) mass is 518 g/mol. The van der Waals surface area contributed by atoms with Gasteiger partial charge in [0, 0.05) is 30.0 Å². The zero-order chi connectivity index (χ0) is 17.0. The van der Waals surface area contributed by atoms with Crippen molar-refractivity contribution in [3.05, 3.63) is 46.5 Å². The number of aliphatic imine (C=N–C) groups is 1. The molecule has 25 heavy (non-hydrogen) atoms. The first-order valence-corrected chi connectivity index (χ1v) is 9.04. The van der Waals surface area contributed by atoms with Crippen LogP contribution in [0.15, 0.2) is 40.1 Å². The molecule has 1 aromatic heterocycles. The van der Waals surface area contributed by atoms with Crippen LogP contribution in [0.1, 0.15) is 31.2 Å². The molecule has 0 unspecified atom stereocenters. The van der Waals surface area contributed by atoms with Crippen LogP contribution in [0.25, 0.3) is 0 Å². The number of aromatic nitrogens is 3. The fourth-order valence-corrected chi connectivity index (χ4v) is 3.50. The Kier molecular flexibility index (Phi) is 7.24. The Morgan fingerprint density at radius 2 is 2.08 bits per heavy atom. The summed E-state index contributed by atoms with van der Waals surface area (Å²) in [6.07, 6.45) is 3.95. The van der Waals surface area contributed by atoms with Crippen LogP contribution in [0.5, 0.6) is 0 Å². The lowest BCUT2D eigenvalue weighted by molar-refractivity contribution is 0.640. The van der Waals surface area contributed by atoms with Gasteiger partial charge in [0.15, 0.2) is 5.96 Å². The molecule has 6 nitrogen and oxygen atoms in total. The van der Waals surface area contributed by atoms with Crippen LogP contribution < -0.4 is 10.6 Å². The number of benzene rings is 1. The molecule has 0 amide bonds. The van der Waals surface area contributed by atoms with E-state index < -0.39 is 0 Å². The Balaban J connectivity index is 0.00000225. The van der Waals surface area contributed by atoms with E-state index in [-0.39, 0.29) is 29.4 Å². The summed E-state index contributed by atoms with van der Waals surface area (Å²) in [4.78, 5) is 8.83. The highest BCUT2D eigenvalue weighted by Gasteiger charge is 2.45. The molecule has 136 valence electrons. The highest BCUT2D eigenvalue weighted by molar-refractivity contribution is 14.0. The number of rotatable bonds is 6. The Labute approximate surface area is 174 Å². The Morgan fingerprint density at radius 1 is 1.32 bits per heavy atom. The standard InChI is InChI=1S/C17H23BrN6.HI/c1-3-19-16(20-10-15-22-12-23-24(15)2)21-11-17(8-9-17)13-6-4-5-7-14(13)18;/h4-7,12H,3,8-11H2,1-2H3,(H2,19,20,21);1H. The molecule has 1 aliphatic rings. The summed E-state index contributed by atoms with van der Waals surface area (Å²) < 4.78 is 2.93. The van der Waals surface area contributed by atoms with Crippen LogP contribution in [-0.4, -0.2) is 33.8 Å². The van der Waals surface area contributed by atoms with Gasteiger partial charge in [0.05, 0.1) is 0 Å². The van der Waals surface area contributed by atoms with E-state index in [9.17, 15) is 0 Å². The Bertz CT molecular complexity index is 725. The SMILES string of the molecule is CCNC(=NCc1ncnn1C)NCC1(c2ccccc2Br)CC1.I. The van der Waals surface area contributed by atoms with Crippen molar-refractivity contribution >= 4 is 45.9 Å². The van der Waals surface area contributed by atoms with Gasteiger partial charge in [0.2, 0.25) is 0 Å². The molecule has 1 fully saturated rings. The van der Waals surface area contributed by atoms with E-state index in [1.54, 1.807) is 11.0 Å². The molecule has 0 radical (unpaired) electrons. The van der Waals surface area contributed by atoms with Crippen LogP contribution in [0.3, 0.4) is 0 Å². The molecule has 1 heterocycles. The van der Waals surface area contributed by atoms with Gasteiger partial charge in [-0.05, 0) is 31.4 Å². The number of hydrogen-bond acceptors (Lipinski definition) is 3. The Morgan fingerprint density at radius 3 is 2.68 bits per heavy atom. The van der Waals surface area contributed by atoms with Crippen molar-refractivity contribution in [3.8, 4) is 0 Å². The lowest BCUT2D eigenvalue weighted by atomic mass is 9.96. The zero-order valence-corrected chi connectivity index (χ0v) is 18.4. The van der Waals surface area contributed by atoms with Crippen molar-refractivity contribution in [2.24, 2.45) is 12.0 Å². The van der Waals surface area contributed by atoms with E-state index in [0.717, 1.165) is 24.9 Å². The third-order valence-corrected chi connectivity index (χ3v) is 5.11. The lowest BCUT2D eigenvalue weighted by Crippen LogP contribution is -2.41. The second-order valence-electron chi connectivity index (χ2n) is 6.11. The van der Waals surface area contributed by atoms with E-state index in [1.807, 2.05) is 7.05 Å². The van der Waals surface area contributed by atoms with Crippen LogP contribution in [0.4, 0.5) is 0 Å². The average Bonchev–Trinajstić information content (AvgIpc) is 3.26. The van der Waals surface area contributed by atoms with Gasteiger partial charge >= 0.3 is 0 Å². The average molecular weight is 519 g/mol. The first-order valence-electron chi connectivity index (χ1n) is 8.25. The van der Waals surface area contributed by atoms with Gasteiger partial charge < -0.3 is 10.6 Å². The minimum Gasteiger partial charge on any atom is -0.357 e. The number of aryl methyl sites for hydroxylation is 1. The molecule has 1 aromatic carbocycles. The normalized spacial score (nSPS) is 15.4. The minimum absolute atomic E-state index is 0. The van der Waals surface area contributed by atoms with E-state index >= 15 is 0 Å². The Hall–Kier alpha value is -1.16. The quantitative estimate of drug-likeness (QED) is 0.350. The van der Waals surface area contributed by atoms with Crippen molar-refractivity contribution in [2.75, 3.05) is 13.1 Å². The number of halogens is 2. The second kappa shape index (κ2) is 8.98. The smallest absolute Gasteiger partial charge is 0.191 e. The summed E-state index contributed by atoms with van der Waals surface area (Å²) in [6.45, 7) is 4.28. The largest absolute Gasteiger partial charge is 0.357 e. The van der Waals surface area contributed by atoms with Crippen molar-refractivity contribution in [3.63, 3.8) is 0 Å². The predicted octanol–water partition coefficient (Wildman–Crippen LogP) is 2.98. The molecule has 0 spiro atoms. The van der Waals surface area contributed by atoms with Crippen LogP contribution in [-0.2, 0) is 19.0 Å². The summed E-state index contributed by atoms with van der Waals surface area (Å²) in [5.41, 5.74) is 1.59. The third-order valence-electron chi connectivity index (χ3n) is 4.42. The molecular formula is C17H24BrIN6. The third kappa shape index (κ3) is 4.93. The molecule has 2 N–H and O–H groups in total. The van der Waals surface area contributed by atoms with E-state index in [0.29, 0.717) is 6.54 Å². The topological polar surface area (TPSA) is 67.1 Å². The van der Waals surface area contributed by atoms with Crippen molar-refractivity contribution < 1.29 is 0 Å². The maximum atomic E-state index is 4.62. The number of nitrogens with zero attached hydrogens (tertiary/aromatic N) is 4. The van der Waals surface area contributed by atoms with Gasteiger partial charge in [-0.1, -0.05) is 34.1 Å². The molecule has 0 saturated heterocycles. The van der Waals surface area contributed by atoms with E-state index in [1.165, 1.54) is 22.9 Å². The number of guanidine groups is 1. The number of hydrogen-bond donors (Lipinski definition) is 2. The summed E-state index contributed by atoms with van der Waals surface area (Å²) >= 11 is 3.68. The van der Waals surface area contributed by atoms with Crippen LogP contribution >= 0.6 is 39.9 Å². The predicted molar refractivity (Wildman–Crippen MR) is 114 cm³/mol. The van der Waals surface area contributed by atoms with Gasteiger partial charge in [-0.2, -0.15) is 5.10 Å². The van der Waals surface area contributed by atoms with Crippen molar-refractivity contribution in [2.45, 2.75) is 31.7 Å². The van der Waals surface area contributed by atoms with Crippen LogP contribution in [0.2, 0.25) is 0 Å². The molecule has 1 saturated carbocycles. The van der Waals surface area contributed by atoms with Crippen molar-refractivity contribution in [1.29, 1.82) is 0 Å². The second-order valence-corrected chi connectivity index (χ2v) is 6.96.